The quantitative estimate of drug-likeness (QED) is 0.626. The van der Waals surface area contributed by atoms with Crippen molar-refractivity contribution in [2.75, 3.05) is 6.54 Å². The van der Waals surface area contributed by atoms with Gasteiger partial charge in [0.1, 0.15) is 0 Å². The third kappa shape index (κ3) is 5.25. The molecule has 0 unspecified atom stereocenters. The molecule has 0 spiro atoms. The van der Waals surface area contributed by atoms with Crippen LogP contribution in [-0.4, -0.2) is 35.9 Å². The van der Waals surface area contributed by atoms with E-state index >= 15 is 0 Å². The number of benzene rings is 1. The minimum absolute atomic E-state index is 0.0485. The lowest BCUT2D eigenvalue weighted by Gasteiger charge is -2.15. The normalized spacial score (nSPS) is 11.9. The summed E-state index contributed by atoms with van der Waals surface area (Å²) < 4.78 is 49.2. The Labute approximate surface area is 117 Å². The molecule has 0 fully saturated rings. The molecule has 0 bridgehead atoms. The lowest BCUT2D eigenvalue weighted by Crippen LogP contribution is -2.41. The molecule has 0 aliphatic heterocycles. The van der Waals surface area contributed by atoms with E-state index < -0.39 is 30.8 Å². The highest BCUT2D eigenvalue weighted by atomic mass is 19.3. The Morgan fingerprint density at radius 1 is 1.33 bits per heavy atom. The maximum atomic E-state index is 12.7. The van der Waals surface area contributed by atoms with Gasteiger partial charge in [0.2, 0.25) is 0 Å². The molecule has 0 saturated heterocycles. The zero-order valence-electron chi connectivity index (χ0n) is 10.5. The number of carbonyl (C=O) groups excluding carboxylic acids is 1. The summed E-state index contributed by atoms with van der Waals surface area (Å²) in [5, 5.41) is 10.2. The van der Waals surface area contributed by atoms with Crippen LogP contribution in [0, 0.1) is 0 Å². The lowest BCUT2D eigenvalue weighted by atomic mass is 10.1. The van der Waals surface area contributed by atoms with Gasteiger partial charge in [0.15, 0.2) is 0 Å². The third-order valence-corrected chi connectivity index (χ3v) is 2.37. The Balaban J connectivity index is 2.75. The Morgan fingerprint density at radius 3 is 2.57 bits per heavy atom. The van der Waals surface area contributed by atoms with Gasteiger partial charge in [0.05, 0.1) is 6.54 Å². The molecule has 8 heteroatoms. The minimum atomic E-state index is -4.31. The maximum absolute atomic E-state index is 12.7. The molecular formula is C13H11F4NO3. The number of nitrogens with one attached hydrogen (secondary N) is 1. The Kier molecular flexibility index (Phi) is 5.45. The van der Waals surface area contributed by atoms with Gasteiger partial charge >= 0.3 is 18.3 Å². The van der Waals surface area contributed by atoms with E-state index in [0.29, 0.717) is 5.56 Å². The molecule has 4 nitrogen and oxygen atoms in total. The molecule has 0 saturated carbocycles. The van der Waals surface area contributed by atoms with Crippen LogP contribution in [0.5, 0.6) is 0 Å². The molecule has 1 aromatic rings. The number of alkyl halides is 4. The predicted octanol–water partition coefficient (Wildman–Crippen LogP) is 2.41. The first-order valence-corrected chi connectivity index (χ1v) is 5.67. The Morgan fingerprint density at radius 2 is 2.00 bits per heavy atom. The second-order valence-electron chi connectivity index (χ2n) is 4.04. The van der Waals surface area contributed by atoms with Crippen molar-refractivity contribution in [3.63, 3.8) is 0 Å². The minimum Gasteiger partial charge on any atom is -0.478 e. The van der Waals surface area contributed by atoms with E-state index in [0.717, 1.165) is 6.08 Å². The van der Waals surface area contributed by atoms with Crippen molar-refractivity contribution in [3.05, 3.63) is 41.5 Å². The van der Waals surface area contributed by atoms with Crippen LogP contribution in [0.4, 0.5) is 17.6 Å². The number of halogens is 4. The Bertz CT molecular complexity index is 558. The molecule has 0 radical (unpaired) electrons. The number of carboxylic acid groups (broad SMARTS) is 1. The number of carboxylic acids is 1. The largest absolute Gasteiger partial charge is 0.478 e. The first-order valence-electron chi connectivity index (χ1n) is 5.67. The van der Waals surface area contributed by atoms with Crippen LogP contribution in [0.25, 0.3) is 6.08 Å². The number of aliphatic carboxylic acids is 1. The average molecular weight is 305 g/mol. The highest BCUT2D eigenvalue weighted by Gasteiger charge is 2.40. The monoisotopic (exact) mass is 305 g/mol. The molecule has 0 aliphatic rings. The predicted molar refractivity (Wildman–Crippen MR) is 66.4 cm³/mol. The molecule has 1 rings (SSSR count). The maximum Gasteiger partial charge on any atom is 0.328 e. The zero-order chi connectivity index (χ0) is 16.0. The van der Waals surface area contributed by atoms with Gasteiger partial charge in [-0.2, -0.15) is 8.78 Å². The van der Waals surface area contributed by atoms with Crippen LogP contribution in [0.3, 0.4) is 0 Å². The topological polar surface area (TPSA) is 66.4 Å². The average Bonchev–Trinajstić information content (AvgIpc) is 2.42. The summed E-state index contributed by atoms with van der Waals surface area (Å²) >= 11 is 0. The van der Waals surface area contributed by atoms with Crippen LogP contribution in [-0.2, 0) is 4.79 Å². The number of rotatable bonds is 6. The van der Waals surface area contributed by atoms with E-state index in [4.69, 9.17) is 5.11 Å². The van der Waals surface area contributed by atoms with Crippen LogP contribution in [0.15, 0.2) is 30.3 Å². The van der Waals surface area contributed by atoms with Gasteiger partial charge in [-0.3, -0.25) is 4.79 Å². The summed E-state index contributed by atoms with van der Waals surface area (Å²) in [6, 6.07) is 5.43. The van der Waals surface area contributed by atoms with Crippen molar-refractivity contribution >= 4 is 18.0 Å². The molecule has 1 amide bonds. The molecular weight excluding hydrogens is 294 g/mol. The first kappa shape index (κ1) is 16.7. The molecule has 21 heavy (non-hydrogen) atoms. The van der Waals surface area contributed by atoms with E-state index in [-0.39, 0.29) is 5.56 Å². The molecule has 0 aromatic heterocycles. The van der Waals surface area contributed by atoms with Crippen molar-refractivity contribution in [1.82, 2.24) is 5.32 Å². The van der Waals surface area contributed by atoms with E-state index in [1.54, 1.807) is 5.32 Å². The summed E-state index contributed by atoms with van der Waals surface area (Å²) in [7, 11) is 0. The van der Waals surface area contributed by atoms with Gasteiger partial charge in [-0.15, -0.1) is 0 Å². The zero-order valence-corrected chi connectivity index (χ0v) is 10.5. The summed E-state index contributed by atoms with van der Waals surface area (Å²) in [5.41, 5.74) is 0.304. The van der Waals surface area contributed by atoms with Gasteiger partial charge in [-0.25, -0.2) is 13.6 Å². The third-order valence-electron chi connectivity index (χ3n) is 2.37. The smallest absolute Gasteiger partial charge is 0.328 e. The van der Waals surface area contributed by atoms with Gasteiger partial charge in [-0.05, 0) is 23.8 Å². The van der Waals surface area contributed by atoms with Crippen LogP contribution in [0.1, 0.15) is 15.9 Å². The van der Waals surface area contributed by atoms with E-state index in [1.165, 1.54) is 30.3 Å². The van der Waals surface area contributed by atoms with Crippen molar-refractivity contribution in [1.29, 1.82) is 0 Å². The van der Waals surface area contributed by atoms with Crippen LogP contribution < -0.4 is 5.32 Å². The molecule has 0 aliphatic carbocycles. The first-order chi connectivity index (χ1) is 9.72. The summed E-state index contributed by atoms with van der Waals surface area (Å²) in [6.45, 7) is -1.49. The fourth-order valence-corrected chi connectivity index (χ4v) is 1.33. The van der Waals surface area contributed by atoms with Gasteiger partial charge in [0, 0.05) is 11.6 Å². The Hall–Kier alpha value is -2.38. The lowest BCUT2D eigenvalue weighted by molar-refractivity contribution is -0.131. The number of carbonyl (C=O) groups is 2. The van der Waals surface area contributed by atoms with Crippen molar-refractivity contribution in [3.8, 4) is 0 Å². The molecule has 114 valence electrons. The van der Waals surface area contributed by atoms with Crippen molar-refractivity contribution < 1.29 is 32.3 Å². The molecule has 1 aromatic carbocycles. The number of hydrogen-bond acceptors (Lipinski definition) is 2. The standard InChI is InChI=1S/C13H11F4NO3/c14-12(15)13(16,17)7-18-11(21)9-3-1-2-8(6-9)4-5-10(19)20/h1-6,12H,7H2,(H,18,21)(H,19,20)/b5-4+. The highest BCUT2D eigenvalue weighted by molar-refractivity contribution is 5.95. The van der Waals surface area contributed by atoms with Crippen molar-refractivity contribution in [2.24, 2.45) is 0 Å². The SMILES string of the molecule is O=C(O)/C=C/c1cccc(C(=O)NCC(F)(F)C(F)F)c1. The number of hydrogen-bond donors (Lipinski definition) is 2. The second-order valence-corrected chi connectivity index (χ2v) is 4.04. The number of amides is 1. The van der Waals surface area contributed by atoms with Crippen molar-refractivity contribution in [2.45, 2.75) is 12.3 Å². The fourth-order valence-electron chi connectivity index (χ4n) is 1.33. The van der Waals surface area contributed by atoms with E-state index in [1.807, 2.05) is 0 Å². The second kappa shape index (κ2) is 6.87. The summed E-state index contributed by atoms with van der Waals surface area (Å²) in [4.78, 5) is 21.9. The van der Waals surface area contributed by atoms with E-state index in [2.05, 4.69) is 0 Å². The van der Waals surface area contributed by atoms with Gasteiger partial charge in [0.25, 0.3) is 5.91 Å². The molecule has 0 atom stereocenters. The molecule has 2 N–H and O–H groups in total. The van der Waals surface area contributed by atoms with Crippen LogP contribution >= 0.6 is 0 Å². The van der Waals surface area contributed by atoms with Gasteiger partial charge < -0.3 is 10.4 Å². The molecule has 0 heterocycles. The summed E-state index contributed by atoms with van der Waals surface area (Å²) in [5.74, 6) is -6.46. The van der Waals surface area contributed by atoms with Crippen LogP contribution in [0.2, 0.25) is 0 Å². The summed E-state index contributed by atoms with van der Waals surface area (Å²) in [6.07, 6.45) is -1.84. The fraction of sp³-hybridized carbons (Fsp3) is 0.231. The highest BCUT2D eigenvalue weighted by Crippen LogP contribution is 2.21. The van der Waals surface area contributed by atoms with E-state index in [9.17, 15) is 27.2 Å². The van der Waals surface area contributed by atoms with Gasteiger partial charge in [-0.1, -0.05) is 12.1 Å².